The van der Waals surface area contributed by atoms with Crippen molar-refractivity contribution in [3.8, 4) is 0 Å². The highest BCUT2D eigenvalue weighted by atomic mass is 33.1. The second kappa shape index (κ2) is 35.0. The zero-order chi connectivity index (χ0) is 32.4. The lowest BCUT2D eigenvalue weighted by Crippen LogP contribution is -2.37. The van der Waals surface area contributed by atoms with E-state index in [2.05, 4.69) is 49.8 Å². The van der Waals surface area contributed by atoms with Crippen LogP contribution in [0.2, 0.25) is 0 Å². The molecule has 260 valence electrons. The highest BCUT2D eigenvalue weighted by Crippen LogP contribution is 2.20. The van der Waals surface area contributed by atoms with Crippen LogP contribution in [0.1, 0.15) is 44.9 Å². The number of nitrogens with one attached hydrogen (secondary N) is 7. The molecule has 0 aromatic carbocycles. The number of hydrogen-bond donors (Lipinski definition) is 10. The average Bonchev–Trinajstić information content (AvgIpc) is 3.02. The molecule has 44 heavy (non-hydrogen) atoms. The molecular weight excluding hydrogens is 623 g/mol. The maximum atomic E-state index is 12.1. The Kier molecular flexibility index (Phi) is 34.4. The Hall–Kier alpha value is -0.820. The van der Waals surface area contributed by atoms with Crippen molar-refractivity contribution in [2.24, 2.45) is 11.5 Å². The van der Waals surface area contributed by atoms with Crippen LogP contribution in [0.15, 0.2) is 0 Å². The number of amides is 3. The predicted octanol–water partition coefficient (Wildman–Crippen LogP) is -0.962. The normalized spacial score (nSPS) is 11.8. The lowest BCUT2D eigenvalue weighted by atomic mass is 10.2. The second-order valence-electron chi connectivity index (χ2n) is 10.2. The molecule has 0 spiro atoms. The van der Waals surface area contributed by atoms with Gasteiger partial charge < -0.3 is 53.4 Å². The summed E-state index contributed by atoms with van der Waals surface area (Å²) in [6.45, 7) is 10.0. The van der Waals surface area contributed by atoms with Crippen LogP contribution < -0.4 is 48.7 Å². The van der Waals surface area contributed by atoms with E-state index in [-0.39, 0.29) is 30.4 Å². The molecule has 16 heteroatoms. The zero-order valence-electron chi connectivity index (χ0n) is 26.6. The first-order valence-electron chi connectivity index (χ1n) is 16.0. The summed E-state index contributed by atoms with van der Waals surface area (Å²) in [5.74, 6) is 1.06. The van der Waals surface area contributed by atoms with Gasteiger partial charge in [0.15, 0.2) is 0 Å². The van der Waals surface area contributed by atoms with Gasteiger partial charge >= 0.3 is 0 Å². The number of ether oxygens (including phenoxy) is 1. The summed E-state index contributed by atoms with van der Waals surface area (Å²) in [6, 6.07) is 0. The van der Waals surface area contributed by atoms with Gasteiger partial charge in [0.25, 0.3) is 0 Å². The van der Waals surface area contributed by atoms with E-state index in [4.69, 9.17) is 16.2 Å². The molecule has 0 saturated heterocycles. The maximum Gasteiger partial charge on any atom is 0.246 e. The van der Waals surface area contributed by atoms with E-state index in [1.807, 2.05) is 0 Å². The van der Waals surface area contributed by atoms with E-state index >= 15 is 0 Å². The van der Waals surface area contributed by atoms with E-state index < -0.39 is 0 Å². The van der Waals surface area contributed by atoms with Gasteiger partial charge in [-0.25, -0.2) is 0 Å². The first-order valence-corrected chi connectivity index (χ1v) is 19.2. The van der Waals surface area contributed by atoms with Gasteiger partial charge in [0.2, 0.25) is 17.7 Å². The number of carbonyl (C=O) groups is 3. The summed E-state index contributed by atoms with van der Waals surface area (Å²) in [5.41, 5.74) is 11.0. The van der Waals surface area contributed by atoms with Crippen LogP contribution in [0.25, 0.3) is 0 Å². The highest BCUT2D eigenvalue weighted by Gasteiger charge is 2.11. The standard InChI is InChI=1S/C28H61N9O4S3/c29-8-3-12-31-10-1-2-11-32-14-5-16-35-27(39)23-43-44-24-28(40)36-17-6-15-33-18-7-25(21-34-13-4-9-30)41-22-26(38)37-19-20-42/h25,31-34,42H,1-24,29-30H2,(H,35,39)(H,36,40)(H,37,38). The van der Waals surface area contributed by atoms with Crippen LogP contribution in [-0.4, -0.2) is 133 Å². The Bertz CT molecular complexity index is 688. The molecule has 0 bridgehead atoms. The average molecular weight is 684 g/mol. The Morgan fingerprint density at radius 2 is 1.07 bits per heavy atom. The highest BCUT2D eigenvalue weighted by molar-refractivity contribution is 8.77. The SMILES string of the molecule is NCCCNCCCCNCCCNC(=O)CSSCC(=O)NCCCNCCC(CNCCCN)OCC(=O)NCCS. The third-order valence-corrected chi connectivity index (χ3v) is 8.50. The Morgan fingerprint density at radius 3 is 1.61 bits per heavy atom. The number of rotatable bonds is 34. The molecule has 13 nitrogen and oxygen atoms in total. The van der Waals surface area contributed by atoms with Crippen LogP contribution in [-0.2, 0) is 19.1 Å². The smallest absolute Gasteiger partial charge is 0.246 e. The quantitative estimate of drug-likeness (QED) is 0.0227. The first-order chi connectivity index (χ1) is 21.5. The number of unbranched alkanes of at least 4 members (excludes halogenated alkanes) is 1. The lowest BCUT2D eigenvalue weighted by Gasteiger charge is -2.19. The molecule has 0 rings (SSSR count). The summed E-state index contributed by atoms with van der Waals surface area (Å²) >= 11 is 4.09. The minimum atomic E-state index is -0.140. The van der Waals surface area contributed by atoms with Crippen molar-refractivity contribution < 1.29 is 19.1 Å². The molecule has 0 aliphatic carbocycles. The molecule has 1 atom stereocenters. The Morgan fingerprint density at radius 1 is 0.591 bits per heavy atom. The van der Waals surface area contributed by atoms with Crippen molar-refractivity contribution in [1.29, 1.82) is 0 Å². The fraction of sp³-hybridized carbons (Fsp3) is 0.893. The predicted molar refractivity (Wildman–Crippen MR) is 189 cm³/mol. The summed E-state index contributed by atoms with van der Waals surface area (Å²) < 4.78 is 5.79. The topological polar surface area (TPSA) is 197 Å². The first kappa shape index (κ1) is 43.2. The summed E-state index contributed by atoms with van der Waals surface area (Å²) in [6.07, 6.45) is 6.56. The van der Waals surface area contributed by atoms with Crippen molar-refractivity contribution in [1.82, 2.24) is 37.2 Å². The van der Waals surface area contributed by atoms with Gasteiger partial charge in [-0.2, -0.15) is 12.6 Å². The Labute approximate surface area is 279 Å². The molecule has 1 unspecified atom stereocenters. The fourth-order valence-electron chi connectivity index (χ4n) is 3.71. The fourth-order valence-corrected chi connectivity index (χ4v) is 5.55. The van der Waals surface area contributed by atoms with Crippen LogP contribution in [0.4, 0.5) is 0 Å². The third-order valence-electron chi connectivity index (χ3n) is 6.14. The molecule has 0 radical (unpaired) electrons. The van der Waals surface area contributed by atoms with Gasteiger partial charge in [0.05, 0.1) is 17.6 Å². The number of thiol groups is 1. The Balaban J connectivity index is 3.67. The van der Waals surface area contributed by atoms with E-state index in [1.165, 1.54) is 21.6 Å². The molecule has 0 aromatic rings. The second-order valence-corrected chi connectivity index (χ2v) is 13.1. The van der Waals surface area contributed by atoms with Gasteiger partial charge in [0.1, 0.15) is 6.61 Å². The van der Waals surface area contributed by atoms with Gasteiger partial charge in [0, 0.05) is 31.9 Å². The number of hydrogen-bond acceptors (Lipinski definition) is 13. The van der Waals surface area contributed by atoms with E-state index in [9.17, 15) is 14.4 Å². The maximum absolute atomic E-state index is 12.1. The molecular formula is C28H61N9O4S3. The molecule has 3 amide bonds. The largest absolute Gasteiger partial charge is 0.367 e. The number of nitrogens with two attached hydrogens (primary N) is 2. The minimum Gasteiger partial charge on any atom is -0.367 e. The molecule has 0 heterocycles. The monoisotopic (exact) mass is 683 g/mol. The van der Waals surface area contributed by atoms with Crippen LogP contribution in [0, 0.1) is 0 Å². The van der Waals surface area contributed by atoms with Crippen molar-refractivity contribution in [2.75, 3.05) is 109 Å². The number of carbonyl (C=O) groups excluding carboxylic acids is 3. The van der Waals surface area contributed by atoms with Gasteiger partial charge in [-0.15, -0.1) is 0 Å². The van der Waals surface area contributed by atoms with Gasteiger partial charge in [-0.3, -0.25) is 14.4 Å². The van der Waals surface area contributed by atoms with E-state index in [0.717, 1.165) is 97.3 Å². The van der Waals surface area contributed by atoms with Crippen molar-refractivity contribution >= 4 is 51.9 Å². The van der Waals surface area contributed by atoms with Crippen molar-refractivity contribution in [3.05, 3.63) is 0 Å². The summed E-state index contributed by atoms with van der Waals surface area (Å²) in [7, 11) is 2.79. The van der Waals surface area contributed by atoms with Crippen molar-refractivity contribution in [3.63, 3.8) is 0 Å². The minimum absolute atomic E-state index is 0.00622. The van der Waals surface area contributed by atoms with Crippen molar-refractivity contribution in [2.45, 2.75) is 51.0 Å². The molecule has 0 fully saturated rings. The molecule has 0 saturated carbocycles. The van der Waals surface area contributed by atoms with Crippen LogP contribution >= 0.6 is 34.2 Å². The van der Waals surface area contributed by atoms with Crippen LogP contribution in [0.3, 0.4) is 0 Å². The van der Waals surface area contributed by atoms with E-state index in [1.54, 1.807) is 0 Å². The summed E-state index contributed by atoms with van der Waals surface area (Å²) in [4.78, 5) is 35.9. The molecule has 0 aromatic heterocycles. The van der Waals surface area contributed by atoms with Gasteiger partial charge in [-0.05, 0) is 104 Å². The third kappa shape index (κ3) is 32.6. The van der Waals surface area contributed by atoms with Crippen LogP contribution in [0.5, 0.6) is 0 Å². The van der Waals surface area contributed by atoms with E-state index in [0.29, 0.717) is 50.0 Å². The zero-order valence-corrected chi connectivity index (χ0v) is 29.1. The lowest BCUT2D eigenvalue weighted by molar-refractivity contribution is -0.127. The van der Waals surface area contributed by atoms with Gasteiger partial charge in [-0.1, -0.05) is 21.6 Å². The molecule has 0 aliphatic rings. The molecule has 11 N–H and O–H groups in total. The summed E-state index contributed by atoms with van der Waals surface area (Å²) in [5, 5.41) is 22.1. The molecule has 0 aliphatic heterocycles.